The van der Waals surface area contributed by atoms with Gasteiger partial charge in [-0.3, -0.25) is 0 Å². The van der Waals surface area contributed by atoms with Gasteiger partial charge in [-0.15, -0.1) is 0 Å². The van der Waals surface area contributed by atoms with Crippen molar-refractivity contribution in [2.24, 2.45) is 0 Å². The van der Waals surface area contributed by atoms with Crippen LogP contribution in [0.1, 0.15) is 12.8 Å². The van der Waals surface area contributed by atoms with Crippen LogP contribution < -0.4 is 4.90 Å². The monoisotopic (exact) mass is 282 g/mol. The van der Waals surface area contributed by atoms with Crippen LogP contribution >= 0.6 is 11.6 Å². The number of piperidine rings is 1. The van der Waals surface area contributed by atoms with Crippen LogP contribution in [0.15, 0.2) is 12.4 Å². The van der Waals surface area contributed by atoms with E-state index < -0.39 is 0 Å². The van der Waals surface area contributed by atoms with Gasteiger partial charge in [-0.2, -0.15) is 0 Å². The van der Waals surface area contributed by atoms with Crippen LogP contribution in [0, 0.1) is 0 Å². The zero-order valence-corrected chi connectivity index (χ0v) is 11.2. The number of nitrogens with zero attached hydrogens (tertiary/aromatic N) is 4. The minimum absolute atomic E-state index is 0.177. The Morgan fingerprint density at radius 3 is 2.68 bits per heavy atom. The second-order valence-corrected chi connectivity index (χ2v) is 5.11. The molecule has 0 saturated carbocycles. The van der Waals surface area contributed by atoms with Crippen LogP contribution in [0.3, 0.4) is 0 Å². The summed E-state index contributed by atoms with van der Waals surface area (Å²) in [5.41, 5.74) is 0. The van der Waals surface area contributed by atoms with Crippen molar-refractivity contribution in [3.63, 3.8) is 0 Å². The molecule has 0 atom stereocenters. The highest BCUT2D eigenvalue weighted by Gasteiger charge is 2.32. The quantitative estimate of drug-likeness (QED) is 0.770. The summed E-state index contributed by atoms with van der Waals surface area (Å²) in [6.07, 6.45) is 3.15. The van der Waals surface area contributed by atoms with Crippen LogP contribution in [0.4, 0.5) is 10.6 Å². The molecule has 0 spiro atoms. The summed E-state index contributed by atoms with van der Waals surface area (Å²) < 4.78 is 4.98. The molecule has 19 heavy (non-hydrogen) atoms. The molecule has 0 N–H and O–H groups in total. The number of halogens is 1. The third-order valence-corrected chi connectivity index (χ3v) is 3.85. The molecule has 2 aliphatic heterocycles. The standard InChI is InChI=1S/C12H15ClN4O2/c13-10-7-11(15-8-14-10)16-3-1-9(2-4-16)17-5-6-19-12(17)18/h7-9H,1-6H2. The normalized spacial score (nSPS) is 20.8. The van der Waals surface area contributed by atoms with Crippen LogP contribution in [0.25, 0.3) is 0 Å². The summed E-state index contributed by atoms with van der Waals surface area (Å²) in [7, 11) is 0. The van der Waals surface area contributed by atoms with Crippen LogP contribution in [-0.2, 0) is 4.74 Å². The van der Waals surface area contributed by atoms with Gasteiger partial charge in [-0.05, 0) is 12.8 Å². The Kier molecular flexibility index (Phi) is 3.42. The number of anilines is 1. The predicted molar refractivity (Wildman–Crippen MR) is 70.3 cm³/mol. The van der Waals surface area contributed by atoms with Crippen molar-refractivity contribution in [2.45, 2.75) is 18.9 Å². The summed E-state index contributed by atoms with van der Waals surface area (Å²) in [5, 5.41) is 0.454. The summed E-state index contributed by atoms with van der Waals surface area (Å²) in [5.74, 6) is 0.849. The molecule has 2 aliphatic rings. The van der Waals surface area contributed by atoms with Crippen LogP contribution in [0.2, 0.25) is 5.15 Å². The maximum atomic E-state index is 11.5. The second kappa shape index (κ2) is 5.21. The number of aromatic nitrogens is 2. The highest BCUT2D eigenvalue weighted by Crippen LogP contribution is 2.23. The van der Waals surface area contributed by atoms with E-state index in [4.69, 9.17) is 16.3 Å². The molecule has 0 aromatic carbocycles. The Balaban J connectivity index is 1.61. The maximum absolute atomic E-state index is 11.5. The topological polar surface area (TPSA) is 58.6 Å². The van der Waals surface area contributed by atoms with Gasteiger partial charge in [-0.25, -0.2) is 14.8 Å². The predicted octanol–water partition coefficient (Wildman–Crippen LogP) is 1.55. The molecule has 1 amide bonds. The molecule has 1 aromatic heterocycles. The lowest BCUT2D eigenvalue weighted by Gasteiger charge is -2.36. The van der Waals surface area contributed by atoms with E-state index in [0.29, 0.717) is 18.3 Å². The first kappa shape index (κ1) is 12.5. The Bertz CT molecular complexity index is 477. The van der Waals surface area contributed by atoms with E-state index in [0.717, 1.165) is 31.7 Å². The van der Waals surface area contributed by atoms with Gasteiger partial charge in [-0.1, -0.05) is 11.6 Å². The Morgan fingerprint density at radius 2 is 2.05 bits per heavy atom. The zero-order chi connectivity index (χ0) is 13.2. The van der Waals surface area contributed by atoms with Crippen molar-refractivity contribution >= 4 is 23.5 Å². The first-order valence-corrected chi connectivity index (χ1v) is 6.78. The molecule has 2 fully saturated rings. The maximum Gasteiger partial charge on any atom is 0.410 e. The third kappa shape index (κ3) is 2.58. The SMILES string of the molecule is O=C1OCCN1C1CCN(c2cc(Cl)ncn2)CC1. The lowest BCUT2D eigenvalue weighted by molar-refractivity contribution is 0.142. The van der Waals surface area contributed by atoms with Gasteiger partial charge in [0.25, 0.3) is 0 Å². The van der Waals surface area contributed by atoms with E-state index in [-0.39, 0.29) is 12.1 Å². The van der Waals surface area contributed by atoms with E-state index in [1.54, 1.807) is 6.07 Å². The Labute approximate surface area is 116 Å². The van der Waals surface area contributed by atoms with Crippen LogP contribution in [-0.4, -0.2) is 53.2 Å². The molecule has 3 heterocycles. The zero-order valence-electron chi connectivity index (χ0n) is 10.5. The van der Waals surface area contributed by atoms with E-state index in [1.807, 2.05) is 4.90 Å². The Morgan fingerprint density at radius 1 is 1.26 bits per heavy atom. The molecule has 3 rings (SSSR count). The summed E-state index contributed by atoms with van der Waals surface area (Å²) in [4.78, 5) is 23.6. The average Bonchev–Trinajstić information content (AvgIpc) is 2.85. The number of rotatable bonds is 2. The number of hydrogen-bond acceptors (Lipinski definition) is 5. The Hall–Kier alpha value is -1.56. The highest BCUT2D eigenvalue weighted by atomic mass is 35.5. The molecule has 1 aromatic rings. The van der Waals surface area contributed by atoms with Crippen molar-refractivity contribution in [1.29, 1.82) is 0 Å². The van der Waals surface area contributed by atoms with Gasteiger partial charge in [0.2, 0.25) is 0 Å². The summed E-state index contributed by atoms with van der Waals surface area (Å²) >= 11 is 5.87. The number of ether oxygens (including phenoxy) is 1. The molecule has 102 valence electrons. The number of carbonyl (C=O) groups is 1. The molecule has 7 heteroatoms. The highest BCUT2D eigenvalue weighted by molar-refractivity contribution is 6.29. The molecule has 6 nitrogen and oxygen atoms in total. The van der Waals surface area contributed by atoms with E-state index in [2.05, 4.69) is 14.9 Å². The summed E-state index contributed by atoms with van der Waals surface area (Å²) in [6.45, 7) is 2.95. The fraction of sp³-hybridized carbons (Fsp3) is 0.583. The number of cyclic esters (lactones) is 1. The van der Waals surface area contributed by atoms with E-state index in [1.165, 1.54) is 6.33 Å². The minimum Gasteiger partial charge on any atom is -0.448 e. The van der Waals surface area contributed by atoms with Crippen molar-refractivity contribution < 1.29 is 9.53 Å². The minimum atomic E-state index is -0.177. The fourth-order valence-corrected chi connectivity index (χ4v) is 2.78. The molecule has 0 unspecified atom stereocenters. The molecule has 0 bridgehead atoms. The first-order valence-electron chi connectivity index (χ1n) is 6.40. The third-order valence-electron chi connectivity index (χ3n) is 3.64. The molecular weight excluding hydrogens is 268 g/mol. The first-order chi connectivity index (χ1) is 9.24. The number of amides is 1. The van der Waals surface area contributed by atoms with Crippen molar-refractivity contribution in [3.8, 4) is 0 Å². The van der Waals surface area contributed by atoms with Gasteiger partial charge >= 0.3 is 6.09 Å². The average molecular weight is 283 g/mol. The largest absolute Gasteiger partial charge is 0.448 e. The van der Waals surface area contributed by atoms with E-state index >= 15 is 0 Å². The van der Waals surface area contributed by atoms with Gasteiger partial charge in [0.15, 0.2) is 0 Å². The van der Waals surface area contributed by atoms with Crippen LogP contribution in [0.5, 0.6) is 0 Å². The fourth-order valence-electron chi connectivity index (χ4n) is 2.64. The lowest BCUT2D eigenvalue weighted by atomic mass is 10.0. The number of hydrogen-bond donors (Lipinski definition) is 0. The van der Waals surface area contributed by atoms with Crippen molar-refractivity contribution in [2.75, 3.05) is 31.1 Å². The van der Waals surface area contributed by atoms with Gasteiger partial charge < -0.3 is 14.5 Å². The van der Waals surface area contributed by atoms with Crippen molar-refractivity contribution in [3.05, 3.63) is 17.5 Å². The molecule has 2 saturated heterocycles. The van der Waals surface area contributed by atoms with Gasteiger partial charge in [0, 0.05) is 25.2 Å². The molecular formula is C12H15ClN4O2. The lowest BCUT2D eigenvalue weighted by Crippen LogP contribution is -2.45. The van der Waals surface area contributed by atoms with E-state index in [9.17, 15) is 4.79 Å². The molecule has 0 radical (unpaired) electrons. The van der Waals surface area contributed by atoms with Gasteiger partial charge in [0.05, 0.1) is 6.54 Å². The van der Waals surface area contributed by atoms with Gasteiger partial charge in [0.1, 0.15) is 23.9 Å². The molecule has 0 aliphatic carbocycles. The van der Waals surface area contributed by atoms with Crippen molar-refractivity contribution in [1.82, 2.24) is 14.9 Å². The second-order valence-electron chi connectivity index (χ2n) is 4.72. The summed E-state index contributed by atoms with van der Waals surface area (Å²) in [6, 6.07) is 2.05. The number of carbonyl (C=O) groups excluding carboxylic acids is 1. The smallest absolute Gasteiger partial charge is 0.410 e.